The predicted molar refractivity (Wildman–Crippen MR) is 57.4 cm³/mol. The quantitative estimate of drug-likeness (QED) is 0.609. The van der Waals surface area contributed by atoms with E-state index in [1.807, 2.05) is 0 Å². The zero-order valence-corrected chi connectivity index (χ0v) is 8.94. The summed E-state index contributed by atoms with van der Waals surface area (Å²) in [7, 11) is 1.43. The first-order chi connectivity index (χ1) is 7.07. The zero-order valence-electron chi connectivity index (χ0n) is 8.94. The van der Waals surface area contributed by atoms with Crippen LogP contribution < -0.4 is 0 Å². The van der Waals surface area contributed by atoms with Crippen molar-refractivity contribution in [1.82, 2.24) is 0 Å². The van der Waals surface area contributed by atoms with E-state index in [9.17, 15) is 4.79 Å². The minimum Gasteiger partial charge on any atom is -0.478 e. The molecule has 0 aliphatic heterocycles. The fourth-order valence-corrected chi connectivity index (χ4v) is 1.44. The van der Waals surface area contributed by atoms with E-state index in [4.69, 9.17) is 5.11 Å². The number of hydrogen-bond acceptors (Lipinski definition) is 3. The van der Waals surface area contributed by atoms with Crippen molar-refractivity contribution >= 4 is 11.7 Å². The molecule has 15 heavy (non-hydrogen) atoms. The summed E-state index contributed by atoms with van der Waals surface area (Å²) >= 11 is 0. The third-order valence-electron chi connectivity index (χ3n) is 2.10. The van der Waals surface area contributed by atoms with E-state index in [1.54, 1.807) is 32.0 Å². The number of carbonyl (C=O) groups is 1. The summed E-state index contributed by atoms with van der Waals surface area (Å²) in [6.45, 7) is 3.47. The molecule has 1 rings (SSSR count). The third-order valence-corrected chi connectivity index (χ3v) is 2.10. The van der Waals surface area contributed by atoms with Gasteiger partial charge in [-0.05, 0) is 19.4 Å². The molecule has 0 aliphatic rings. The summed E-state index contributed by atoms with van der Waals surface area (Å²) < 4.78 is 0. The molecule has 0 aliphatic carbocycles. The summed E-state index contributed by atoms with van der Waals surface area (Å²) in [6, 6.07) is 5.27. The SMILES string of the molecule is CON=C(C)c1cccc(C)c1C(=O)O. The molecule has 4 heteroatoms. The van der Waals surface area contributed by atoms with Gasteiger partial charge in [0.25, 0.3) is 0 Å². The van der Waals surface area contributed by atoms with Gasteiger partial charge in [0.2, 0.25) is 0 Å². The monoisotopic (exact) mass is 207 g/mol. The van der Waals surface area contributed by atoms with E-state index in [0.717, 1.165) is 0 Å². The van der Waals surface area contributed by atoms with Crippen LogP contribution in [0.2, 0.25) is 0 Å². The number of hydrogen-bond donors (Lipinski definition) is 1. The Balaban J connectivity index is 3.35. The van der Waals surface area contributed by atoms with Gasteiger partial charge in [-0.2, -0.15) is 0 Å². The number of carboxylic acids is 1. The maximum absolute atomic E-state index is 11.1. The fourth-order valence-electron chi connectivity index (χ4n) is 1.44. The Labute approximate surface area is 88.2 Å². The van der Waals surface area contributed by atoms with Gasteiger partial charge in [-0.25, -0.2) is 4.79 Å². The van der Waals surface area contributed by atoms with Crippen LogP contribution in [0.15, 0.2) is 23.4 Å². The topological polar surface area (TPSA) is 58.9 Å². The van der Waals surface area contributed by atoms with Gasteiger partial charge in [0, 0.05) is 5.56 Å². The molecule has 0 bridgehead atoms. The lowest BCUT2D eigenvalue weighted by atomic mass is 9.99. The van der Waals surface area contributed by atoms with Crippen LogP contribution in [0.3, 0.4) is 0 Å². The highest BCUT2D eigenvalue weighted by atomic mass is 16.6. The van der Waals surface area contributed by atoms with Crippen molar-refractivity contribution in [1.29, 1.82) is 0 Å². The Morgan fingerprint density at radius 2 is 2.13 bits per heavy atom. The molecule has 0 saturated carbocycles. The van der Waals surface area contributed by atoms with Crippen LogP contribution >= 0.6 is 0 Å². The highest BCUT2D eigenvalue weighted by Crippen LogP contribution is 2.15. The Morgan fingerprint density at radius 3 is 2.67 bits per heavy atom. The molecule has 0 saturated heterocycles. The van der Waals surface area contributed by atoms with Crippen molar-refractivity contribution in [3.8, 4) is 0 Å². The smallest absolute Gasteiger partial charge is 0.336 e. The fraction of sp³-hybridized carbons (Fsp3) is 0.273. The van der Waals surface area contributed by atoms with Gasteiger partial charge in [-0.3, -0.25) is 0 Å². The van der Waals surface area contributed by atoms with Crippen LogP contribution in [0, 0.1) is 6.92 Å². The maximum Gasteiger partial charge on any atom is 0.336 e. The highest BCUT2D eigenvalue weighted by Gasteiger charge is 2.14. The first-order valence-corrected chi connectivity index (χ1v) is 4.49. The minimum atomic E-state index is -0.950. The van der Waals surface area contributed by atoms with E-state index in [0.29, 0.717) is 16.8 Å². The van der Waals surface area contributed by atoms with E-state index >= 15 is 0 Å². The molecule has 0 heterocycles. The maximum atomic E-state index is 11.1. The second-order valence-electron chi connectivity index (χ2n) is 3.16. The van der Waals surface area contributed by atoms with Crippen molar-refractivity contribution < 1.29 is 14.7 Å². The summed E-state index contributed by atoms with van der Waals surface area (Å²) in [4.78, 5) is 15.7. The third kappa shape index (κ3) is 2.34. The van der Waals surface area contributed by atoms with Crippen LogP contribution in [-0.4, -0.2) is 23.9 Å². The summed E-state index contributed by atoms with van der Waals surface area (Å²) in [5, 5.41) is 12.8. The largest absolute Gasteiger partial charge is 0.478 e. The molecule has 1 aromatic carbocycles. The molecular formula is C11H13NO3. The molecule has 0 atom stereocenters. The zero-order chi connectivity index (χ0) is 11.4. The van der Waals surface area contributed by atoms with Gasteiger partial charge in [-0.15, -0.1) is 0 Å². The van der Waals surface area contributed by atoms with E-state index in [2.05, 4.69) is 9.99 Å². The first kappa shape index (κ1) is 11.2. The number of aromatic carboxylic acids is 1. The van der Waals surface area contributed by atoms with Crippen molar-refractivity contribution in [2.75, 3.05) is 7.11 Å². The van der Waals surface area contributed by atoms with Crippen molar-refractivity contribution in [3.05, 3.63) is 34.9 Å². The van der Waals surface area contributed by atoms with Crippen LogP contribution in [0.1, 0.15) is 28.4 Å². The molecule has 1 aromatic rings. The number of benzene rings is 1. The summed E-state index contributed by atoms with van der Waals surface area (Å²) in [6.07, 6.45) is 0. The van der Waals surface area contributed by atoms with E-state index < -0.39 is 5.97 Å². The molecule has 0 amide bonds. The average Bonchev–Trinajstić information content (AvgIpc) is 2.17. The number of aryl methyl sites for hydroxylation is 1. The standard InChI is InChI=1S/C11H13NO3/c1-7-5-4-6-9(8(2)12-15-3)10(7)11(13)14/h4-6H,1-3H3,(H,13,14). The number of nitrogens with zero attached hydrogens (tertiary/aromatic N) is 1. The van der Waals surface area contributed by atoms with E-state index in [1.165, 1.54) is 7.11 Å². The molecule has 80 valence electrons. The Kier molecular flexibility index (Phi) is 3.44. The number of oxime groups is 1. The lowest BCUT2D eigenvalue weighted by molar-refractivity contribution is 0.0696. The van der Waals surface area contributed by atoms with Gasteiger partial charge in [-0.1, -0.05) is 23.4 Å². The van der Waals surface area contributed by atoms with Crippen molar-refractivity contribution in [2.24, 2.45) is 5.16 Å². The second kappa shape index (κ2) is 4.59. The van der Waals surface area contributed by atoms with Gasteiger partial charge < -0.3 is 9.94 Å². The lowest BCUT2D eigenvalue weighted by Crippen LogP contribution is -2.09. The molecular weight excluding hydrogens is 194 g/mol. The summed E-state index contributed by atoms with van der Waals surface area (Å²) in [5.74, 6) is -0.950. The van der Waals surface area contributed by atoms with Gasteiger partial charge in [0.05, 0.1) is 11.3 Å². The van der Waals surface area contributed by atoms with Gasteiger partial charge in [0.15, 0.2) is 0 Å². The number of rotatable bonds is 3. The Bertz CT molecular complexity index is 410. The van der Waals surface area contributed by atoms with Crippen LogP contribution in [-0.2, 0) is 4.84 Å². The summed E-state index contributed by atoms with van der Waals surface area (Å²) in [5.41, 5.74) is 2.13. The Hall–Kier alpha value is -1.84. The average molecular weight is 207 g/mol. The van der Waals surface area contributed by atoms with Gasteiger partial charge in [0.1, 0.15) is 7.11 Å². The van der Waals surface area contributed by atoms with Crippen LogP contribution in [0.5, 0.6) is 0 Å². The number of carboxylic acid groups (broad SMARTS) is 1. The normalized spacial score (nSPS) is 11.3. The lowest BCUT2D eigenvalue weighted by Gasteiger charge is -2.07. The molecule has 4 nitrogen and oxygen atoms in total. The van der Waals surface area contributed by atoms with Crippen molar-refractivity contribution in [3.63, 3.8) is 0 Å². The van der Waals surface area contributed by atoms with Crippen molar-refractivity contribution in [2.45, 2.75) is 13.8 Å². The molecule has 1 N–H and O–H groups in total. The van der Waals surface area contributed by atoms with Crippen LogP contribution in [0.4, 0.5) is 0 Å². The van der Waals surface area contributed by atoms with E-state index in [-0.39, 0.29) is 5.56 Å². The van der Waals surface area contributed by atoms with Gasteiger partial charge >= 0.3 is 5.97 Å². The molecule has 0 aromatic heterocycles. The first-order valence-electron chi connectivity index (χ1n) is 4.49. The molecule has 0 spiro atoms. The Morgan fingerprint density at radius 1 is 1.47 bits per heavy atom. The predicted octanol–water partition coefficient (Wildman–Crippen LogP) is 2.06. The molecule has 0 fully saturated rings. The highest BCUT2D eigenvalue weighted by molar-refractivity contribution is 6.07. The van der Waals surface area contributed by atoms with Crippen LogP contribution in [0.25, 0.3) is 0 Å². The minimum absolute atomic E-state index is 0.274. The molecule has 0 unspecified atom stereocenters. The molecule has 0 radical (unpaired) electrons. The second-order valence-corrected chi connectivity index (χ2v) is 3.16.